The standard InChI is InChI=1S/C7H5BrF2O2S/c1-4-2-5(13(10,11)12)3-6(9)7(4)8/h2-3H,1H3. The van der Waals surface area contributed by atoms with Crippen LogP contribution in [0.15, 0.2) is 21.5 Å². The lowest BCUT2D eigenvalue weighted by molar-refractivity contribution is 0.548. The van der Waals surface area contributed by atoms with Crippen LogP contribution in [0.5, 0.6) is 0 Å². The minimum Gasteiger partial charge on any atom is -0.206 e. The van der Waals surface area contributed by atoms with Crippen molar-refractivity contribution in [1.29, 1.82) is 0 Å². The van der Waals surface area contributed by atoms with Crippen LogP contribution in [-0.2, 0) is 10.2 Å². The Hall–Kier alpha value is -0.490. The Balaban J connectivity index is 3.47. The smallest absolute Gasteiger partial charge is 0.206 e. The van der Waals surface area contributed by atoms with Gasteiger partial charge in [-0.2, -0.15) is 8.42 Å². The Bertz CT molecular complexity index is 419. The highest BCUT2D eigenvalue weighted by Gasteiger charge is 2.15. The van der Waals surface area contributed by atoms with Crippen LogP contribution >= 0.6 is 15.9 Å². The van der Waals surface area contributed by atoms with E-state index in [0.29, 0.717) is 11.6 Å². The fraction of sp³-hybridized carbons (Fsp3) is 0.143. The molecule has 0 radical (unpaired) electrons. The van der Waals surface area contributed by atoms with Crippen molar-refractivity contribution in [2.75, 3.05) is 0 Å². The van der Waals surface area contributed by atoms with E-state index in [1.54, 1.807) is 0 Å². The van der Waals surface area contributed by atoms with Gasteiger partial charge >= 0.3 is 10.2 Å². The first kappa shape index (κ1) is 10.6. The summed E-state index contributed by atoms with van der Waals surface area (Å²) in [6.07, 6.45) is 0. The Labute approximate surface area is 82.9 Å². The van der Waals surface area contributed by atoms with Crippen LogP contribution in [0.4, 0.5) is 8.28 Å². The van der Waals surface area contributed by atoms with E-state index in [1.807, 2.05) is 0 Å². The molecule has 1 aromatic rings. The van der Waals surface area contributed by atoms with Gasteiger partial charge in [-0.25, -0.2) is 4.39 Å². The van der Waals surface area contributed by atoms with Crippen molar-refractivity contribution in [3.63, 3.8) is 0 Å². The summed E-state index contributed by atoms with van der Waals surface area (Å²) in [4.78, 5) is -0.661. The predicted octanol–water partition coefficient (Wildman–Crippen LogP) is 2.55. The molecule has 72 valence electrons. The second-order valence-corrected chi connectivity index (χ2v) is 4.61. The average Bonchev–Trinajstić information content (AvgIpc) is 1.97. The molecule has 0 aliphatic rings. The third kappa shape index (κ3) is 2.25. The molecule has 0 bridgehead atoms. The molecule has 0 atom stereocenters. The maximum Gasteiger partial charge on any atom is 0.332 e. The largest absolute Gasteiger partial charge is 0.332 e. The number of rotatable bonds is 1. The first-order chi connectivity index (χ1) is 5.82. The Morgan fingerprint density at radius 3 is 2.31 bits per heavy atom. The van der Waals surface area contributed by atoms with E-state index in [1.165, 1.54) is 6.92 Å². The van der Waals surface area contributed by atoms with Crippen LogP contribution in [0.1, 0.15) is 5.56 Å². The van der Waals surface area contributed by atoms with Crippen LogP contribution in [0.3, 0.4) is 0 Å². The number of halogens is 3. The van der Waals surface area contributed by atoms with E-state index in [2.05, 4.69) is 15.9 Å². The molecular weight excluding hydrogens is 266 g/mol. The first-order valence-corrected chi connectivity index (χ1v) is 5.40. The van der Waals surface area contributed by atoms with Crippen molar-refractivity contribution < 1.29 is 16.7 Å². The van der Waals surface area contributed by atoms with Gasteiger partial charge in [0, 0.05) is 0 Å². The fourth-order valence-corrected chi connectivity index (χ4v) is 1.63. The zero-order chi connectivity index (χ0) is 10.2. The van der Waals surface area contributed by atoms with Gasteiger partial charge in [0.2, 0.25) is 0 Å². The van der Waals surface area contributed by atoms with Gasteiger partial charge in [-0.15, -0.1) is 3.89 Å². The minimum atomic E-state index is -4.83. The summed E-state index contributed by atoms with van der Waals surface area (Å²) in [6.45, 7) is 1.47. The van der Waals surface area contributed by atoms with Crippen LogP contribution in [0.25, 0.3) is 0 Å². The lowest BCUT2D eigenvalue weighted by Gasteiger charge is -2.01. The molecule has 0 aromatic heterocycles. The molecule has 0 spiro atoms. The van der Waals surface area contributed by atoms with E-state index in [0.717, 1.165) is 6.07 Å². The highest BCUT2D eigenvalue weighted by Crippen LogP contribution is 2.24. The molecule has 0 saturated heterocycles. The van der Waals surface area contributed by atoms with Gasteiger partial charge in [0.05, 0.1) is 4.47 Å². The highest BCUT2D eigenvalue weighted by atomic mass is 79.9. The molecule has 6 heteroatoms. The molecular formula is C7H5BrF2O2S. The monoisotopic (exact) mass is 270 g/mol. The quantitative estimate of drug-likeness (QED) is 0.735. The minimum absolute atomic E-state index is 0.139. The maximum absolute atomic E-state index is 12.9. The fourth-order valence-electron chi connectivity index (χ4n) is 0.836. The summed E-state index contributed by atoms with van der Waals surface area (Å²) in [5, 5.41) is 0. The second kappa shape index (κ2) is 3.34. The molecule has 1 rings (SSSR count). The molecule has 0 amide bonds. The summed E-state index contributed by atoms with van der Waals surface area (Å²) < 4.78 is 46.2. The third-order valence-corrected chi connectivity index (χ3v) is 3.27. The van der Waals surface area contributed by atoms with Crippen LogP contribution < -0.4 is 0 Å². The average molecular weight is 271 g/mol. The van der Waals surface area contributed by atoms with Gasteiger partial charge in [0.15, 0.2) is 0 Å². The van der Waals surface area contributed by atoms with Gasteiger partial charge in [-0.3, -0.25) is 0 Å². The summed E-state index contributed by atoms with van der Waals surface area (Å²) in [5.41, 5.74) is 0.330. The normalized spacial score (nSPS) is 11.7. The third-order valence-electron chi connectivity index (χ3n) is 1.47. The zero-order valence-corrected chi connectivity index (χ0v) is 8.92. The van der Waals surface area contributed by atoms with Gasteiger partial charge in [-0.05, 0) is 40.5 Å². The Morgan fingerprint density at radius 2 is 1.92 bits per heavy atom. The molecule has 0 aliphatic heterocycles. The van der Waals surface area contributed by atoms with Crippen molar-refractivity contribution in [2.45, 2.75) is 11.8 Å². The second-order valence-electron chi connectivity index (χ2n) is 2.47. The predicted molar refractivity (Wildman–Crippen MR) is 47.1 cm³/mol. The molecule has 0 fully saturated rings. The van der Waals surface area contributed by atoms with Gasteiger partial charge in [0.1, 0.15) is 10.7 Å². The van der Waals surface area contributed by atoms with Crippen molar-refractivity contribution >= 4 is 26.2 Å². The number of hydrogen-bond acceptors (Lipinski definition) is 2. The number of hydrogen-bond donors (Lipinski definition) is 0. The van der Waals surface area contributed by atoms with E-state index in [9.17, 15) is 16.7 Å². The Morgan fingerprint density at radius 1 is 1.38 bits per heavy atom. The van der Waals surface area contributed by atoms with Crippen LogP contribution in [0, 0.1) is 12.7 Å². The SMILES string of the molecule is Cc1cc(S(=O)(=O)F)cc(F)c1Br. The summed E-state index contributed by atoms with van der Waals surface area (Å²) in [7, 11) is -4.83. The van der Waals surface area contributed by atoms with Crippen molar-refractivity contribution in [2.24, 2.45) is 0 Å². The molecule has 2 nitrogen and oxygen atoms in total. The van der Waals surface area contributed by atoms with Crippen molar-refractivity contribution in [1.82, 2.24) is 0 Å². The topological polar surface area (TPSA) is 34.1 Å². The van der Waals surface area contributed by atoms with Crippen LogP contribution in [-0.4, -0.2) is 8.42 Å². The van der Waals surface area contributed by atoms with E-state index in [-0.39, 0.29) is 4.47 Å². The summed E-state index contributed by atoms with van der Waals surface area (Å²) >= 11 is 2.89. The van der Waals surface area contributed by atoms with Gasteiger partial charge in [-0.1, -0.05) is 0 Å². The molecule has 0 N–H and O–H groups in total. The number of benzene rings is 1. The van der Waals surface area contributed by atoms with E-state index in [4.69, 9.17) is 0 Å². The first-order valence-electron chi connectivity index (χ1n) is 3.22. The van der Waals surface area contributed by atoms with Gasteiger partial charge in [0.25, 0.3) is 0 Å². The molecule has 0 unspecified atom stereocenters. The molecule has 13 heavy (non-hydrogen) atoms. The maximum atomic E-state index is 12.9. The molecule has 1 aromatic carbocycles. The lowest BCUT2D eigenvalue weighted by Crippen LogP contribution is -1.95. The van der Waals surface area contributed by atoms with Crippen molar-refractivity contribution in [3.8, 4) is 0 Å². The zero-order valence-electron chi connectivity index (χ0n) is 6.51. The summed E-state index contributed by atoms with van der Waals surface area (Å²) in [6, 6.07) is 1.69. The molecule has 0 aliphatic carbocycles. The van der Waals surface area contributed by atoms with E-state index >= 15 is 0 Å². The number of aryl methyl sites for hydroxylation is 1. The lowest BCUT2D eigenvalue weighted by atomic mass is 10.2. The van der Waals surface area contributed by atoms with Crippen molar-refractivity contribution in [3.05, 3.63) is 28.0 Å². The van der Waals surface area contributed by atoms with Crippen LogP contribution in [0.2, 0.25) is 0 Å². The van der Waals surface area contributed by atoms with Gasteiger partial charge < -0.3 is 0 Å². The summed E-state index contributed by atoms with van der Waals surface area (Å²) in [5.74, 6) is -0.795. The molecule has 0 saturated carbocycles. The highest BCUT2D eigenvalue weighted by molar-refractivity contribution is 9.10. The van der Waals surface area contributed by atoms with E-state index < -0.39 is 20.9 Å². The Kier molecular flexibility index (Phi) is 2.72. The molecule has 0 heterocycles.